The van der Waals surface area contributed by atoms with E-state index >= 15 is 0 Å². The maximum atomic E-state index is 5.81. The van der Waals surface area contributed by atoms with Gasteiger partial charge < -0.3 is 0 Å². The molecular formula is C12H9Cl. The molecule has 0 amide bonds. The van der Waals surface area contributed by atoms with Crippen molar-refractivity contribution < 1.29 is 0 Å². The molecule has 0 fully saturated rings. The monoisotopic (exact) mass is 188 g/mol. The zero-order valence-corrected chi connectivity index (χ0v) is 7.83. The number of halogens is 1. The molecule has 0 radical (unpaired) electrons. The minimum Gasteiger partial charge on any atom is -0.0843 e. The molecule has 0 aromatic heterocycles. The summed E-state index contributed by atoms with van der Waals surface area (Å²) in [6, 6.07) is 10.2. The highest BCUT2D eigenvalue weighted by molar-refractivity contribution is 6.31. The van der Waals surface area contributed by atoms with Gasteiger partial charge in [-0.2, -0.15) is 0 Å². The van der Waals surface area contributed by atoms with Crippen LogP contribution in [-0.2, 0) is 0 Å². The Kier molecular flexibility index (Phi) is 2.33. The van der Waals surface area contributed by atoms with E-state index in [4.69, 9.17) is 11.6 Å². The van der Waals surface area contributed by atoms with Gasteiger partial charge in [-0.3, -0.25) is 0 Å². The number of benzene rings is 1. The summed E-state index contributed by atoms with van der Waals surface area (Å²) in [7, 11) is 0. The smallest absolute Gasteiger partial charge is 0.0412 e. The van der Waals surface area contributed by atoms with E-state index in [-0.39, 0.29) is 0 Å². The van der Waals surface area contributed by atoms with E-state index in [0.29, 0.717) is 0 Å². The highest BCUT2D eigenvalue weighted by Crippen LogP contribution is 2.20. The first kappa shape index (κ1) is 8.33. The normalized spacial score (nSPS) is 17.9. The van der Waals surface area contributed by atoms with Crippen LogP contribution < -0.4 is 0 Å². The first-order chi connectivity index (χ1) is 6.34. The lowest BCUT2D eigenvalue weighted by atomic mass is 10.1. The van der Waals surface area contributed by atoms with Crippen LogP contribution >= 0.6 is 11.6 Å². The quantitative estimate of drug-likeness (QED) is 0.630. The van der Waals surface area contributed by atoms with E-state index in [0.717, 1.165) is 10.6 Å². The van der Waals surface area contributed by atoms with Crippen molar-refractivity contribution in [2.24, 2.45) is 0 Å². The third kappa shape index (κ3) is 2.10. The molecule has 0 aliphatic heterocycles. The number of allylic oxidation sites excluding steroid dienone is 5. The molecule has 1 aliphatic rings. The first-order valence-electron chi connectivity index (χ1n) is 4.17. The Morgan fingerprint density at radius 3 is 2.38 bits per heavy atom. The average molecular weight is 189 g/mol. The van der Waals surface area contributed by atoms with E-state index < -0.39 is 0 Å². The Morgan fingerprint density at radius 1 is 1.00 bits per heavy atom. The fraction of sp³-hybridized carbons (Fsp3) is 0. The number of rotatable bonds is 1. The van der Waals surface area contributed by atoms with Gasteiger partial charge in [-0.1, -0.05) is 48.0 Å². The fourth-order valence-electron chi connectivity index (χ4n) is 1.26. The number of hydrogen-bond donors (Lipinski definition) is 0. The van der Waals surface area contributed by atoms with Crippen molar-refractivity contribution in [3.63, 3.8) is 0 Å². The molecule has 0 atom stereocenters. The molecule has 64 valence electrons. The largest absolute Gasteiger partial charge is 0.0843 e. The van der Waals surface area contributed by atoms with Crippen LogP contribution in [-0.4, -0.2) is 0 Å². The van der Waals surface area contributed by atoms with Crippen molar-refractivity contribution in [1.82, 2.24) is 0 Å². The summed E-state index contributed by atoms with van der Waals surface area (Å²) in [5, 5.41) is 0.794. The van der Waals surface area contributed by atoms with Gasteiger partial charge in [0, 0.05) is 5.03 Å². The van der Waals surface area contributed by atoms with Gasteiger partial charge in [-0.05, 0) is 29.4 Å². The molecule has 0 bridgehead atoms. The van der Waals surface area contributed by atoms with Crippen LogP contribution in [0.4, 0.5) is 0 Å². The van der Waals surface area contributed by atoms with Gasteiger partial charge in [-0.25, -0.2) is 0 Å². The molecular weight excluding hydrogens is 180 g/mol. The molecule has 2 rings (SSSR count). The molecule has 1 aliphatic carbocycles. The van der Waals surface area contributed by atoms with Crippen LogP contribution in [0.3, 0.4) is 0 Å². The summed E-state index contributed by atoms with van der Waals surface area (Å²) < 4.78 is 0. The minimum absolute atomic E-state index is 0.794. The third-order valence-electron chi connectivity index (χ3n) is 1.87. The lowest BCUT2D eigenvalue weighted by molar-refractivity contribution is 1.64. The molecule has 0 unspecified atom stereocenters. The molecule has 0 heterocycles. The minimum atomic E-state index is 0.794. The van der Waals surface area contributed by atoms with Crippen molar-refractivity contribution in [3.8, 4) is 0 Å². The summed E-state index contributed by atoms with van der Waals surface area (Å²) in [4.78, 5) is 0. The second kappa shape index (κ2) is 3.63. The highest BCUT2D eigenvalue weighted by Gasteiger charge is 1.98. The summed E-state index contributed by atoms with van der Waals surface area (Å²) in [6.45, 7) is 0. The second-order valence-corrected chi connectivity index (χ2v) is 3.35. The molecule has 13 heavy (non-hydrogen) atoms. The van der Waals surface area contributed by atoms with E-state index in [9.17, 15) is 0 Å². The van der Waals surface area contributed by atoms with Crippen molar-refractivity contribution in [2.45, 2.75) is 0 Å². The fourth-order valence-corrected chi connectivity index (χ4v) is 1.45. The number of hydrogen-bond acceptors (Lipinski definition) is 0. The summed E-state index contributed by atoms with van der Waals surface area (Å²) in [5.74, 6) is 0. The Bertz CT molecular complexity index is 383. The summed E-state index contributed by atoms with van der Waals surface area (Å²) >= 11 is 5.81. The second-order valence-electron chi connectivity index (χ2n) is 2.92. The molecule has 0 N–H and O–H groups in total. The van der Waals surface area contributed by atoms with Crippen LogP contribution in [0.25, 0.3) is 6.08 Å². The van der Waals surface area contributed by atoms with Crippen LogP contribution in [0.5, 0.6) is 0 Å². The molecule has 1 aromatic carbocycles. The predicted molar refractivity (Wildman–Crippen MR) is 57.5 cm³/mol. The SMILES string of the molecule is ClC1=CC(=Cc2ccccc2)C=C1. The van der Waals surface area contributed by atoms with Gasteiger partial charge in [-0.15, -0.1) is 0 Å². The predicted octanol–water partition coefficient (Wildman–Crippen LogP) is 3.76. The van der Waals surface area contributed by atoms with Crippen molar-refractivity contribution >= 4 is 17.7 Å². The molecule has 0 spiro atoms. The summed E-state index contributed by atoms with van der Waals surface area (Å²) in [6.07, 6.45) is 7.96. The Hall–Kier alpha value is -1.27. The Morgan fingerprint density at radius 2 is 1.77 bits per heavy atom. The van der Waals surface area contributed by atoms with Gasteiger partial charge in [0.05, 0.1) is 0 Å². The topological polar surface area (TPSA) is 0 Å². The van der Waals surface area contributed by atoms with E-state index in [1.807, 2.05) is 36.4 Å². The van der Waals surface area contributed by atoms with Crippen LogP contribution in [0.1, 0.15) is 5.56 Å². The third-order valence-corrected chi connectivity index (χ3v) is 2.11. The van der Waals surface area contributed by atoms with E-state index in [1.165, 1.54) is 5.56 Å². The zero-order chi connectivity index (χ0) is 9.10. The van der Waals surface area contributed by atoms with Gasteiger partial charge in [0.15, 0.2) is 0 Å². The van der Waals surface area contributed by atoms with Crippen molar-refractivity contribution in [1.29, 1.82) is 0 Å². The van der Waals surface area contributed by atoms with Crippen molar-refractivity contribution in [3.05, 3.63) is 64.7 Å². The van der Waals surface area contributed by atoms with Crippen LogP contribution in [0, 0.1) is 0 Å². The molecule has 1 aromatic rings. The summed E-state index contributed by atoms with van der Waals surface area (Å²) in [5.41, 5.74) is 2.35. The van der Waals surface area contributed by atoms with Gasteiger partial charge in [0.1, 0.15) is 0 Å². The van der Waals surface area contributed by atoms with Gasteiger partial charge >= 0.3 is 0 Å². The lowest BCUT2D eigenvalue weighted by Gasteiger charge is -1.92. The Labute approximate surface area is 82.8 Å². The molecule has 0 nitrogen and oxygen atoms in total. The molecule has 1 heteroatoms. The molecule has 0 saturated carbocycles. The Balaban J connectivity index is 2.28. The van der Waals surface area contributed by atoms with E-state index in [2.05, 4.69) is 18.2 Å². The van der Waals surface area contributed by atoms with Crippen molar-refractivity contribution in [2.75, 3.05) is 0 Å². The van der Waals surface area contributed by atoms with Crippen LogP contribution in [0.2, 0.25) is 0 Å². The average Bonchev–Trinajstić information content (AvgIpc) is 2.53. The van der Waals surface area contributed by atoms with Gasteiger partial charge in [0.2, 0.25) is 0 Å². The zero-order valence-electron chi connectivity index (χ0n) is 7.07. The lowest BCUT2D eigenvalue weighted by Crippen LogP contribution is -1.71. The van der Waals surface area contributed by atoms with E-state index in [1.54, 1.807) is 0 Å². The highest BCUT2D eigenvalue weighted by atomic mass is 35.5. The molecule has 0 saturated heterocycles. The first-order valence-corrected chi connectivity index (χ1v) is 4.54. The van der Waals surface area contributed by atoms with Gasteiger partial charge in [0.25, 0.3) is 0 Å². The standard InChI is InChI=1S/C12H9Cl/c13-12-7-6-11(9-12)8-10-4-2-1-3-5-10/h1-9H. The maximum Gasteiger partial charge on any atom is 0.0412 e. The van der Waals surface area contributed by atoms with Crippen LogP contribution in [0.15, 0.2) is 59.2 Å². The maximum absolute atomic E-state index is 5.81.